The first-order valence-electron chi connectivity index (χ1n) is 15.8. The lowest BCUT2D eigenvalue weighted by molar-refractivity contribution is 0.275. The second-order valence-corrected chi connectivity index (χ2v) is 12.1. The molecule has 3 aromatic carbocycles. The number of ether oxygens (including phenoxy) is 3. The largest absolute Gasteiger partial charge is 0.493 e. The summed E-state index contributed by atoms with van der Waals surface area (Å²) in [4.78, 5) is 23.2. The van der Waals surface area contributed by atoms with E-state index in [2.05, 4.69) is 31.6 Å². The molecule has 0 spiro atoms. The summed E-state index contributed by atoms with van der Waals surface area (Å²) in [6, 6.07) is 22.8. The summed E-state index contributed by atoms with van der Waals surface area (Å²) in [5.41, 5.74) is 5.53. The van der Waals surface area contributed by atoms with Gasteiger partial charge in [-0.2, -0.15) is 0 Å². The van der Waals surface area contributed by atoms with Crippen molar-refractivity contribution in [3.63, 3.8) is 0 Å². The fourth-order valence-corrected chi connectivity index (χ4v) is 5.82. The monoisotopic (exact) mass is 688 g/mol. The Morgan fingerprint density at radius 3 is 2.58 bits per heavy atom. The first-order chi connectivity index (χ1) is 24.4. The van der Waals surface area contributed by atoms with E-state index >= 15 is 0 Å². The van der Waals surface area contributed by atoms with Gasteiger partial charge < -0.3 is 18.6 Å². The molecule has 0 fully saturated rings. The van der Waals surface area contributed by atoms with Crippen molar-refractivity contribution in [2.45, 2.75) is 33.5 Å². The Morgan fingerprint density at radius 2 is 1.80 bits per heavy atom. The minimum atomic E-state index is -0.626. The van der Waals surface area contributed by atoms with E-state index in [1.54, 1.807) is 29.2 Å². The van der Waals surface area contributed by atoms with E-state index < -0.39 is 5.76 Å². The van der Waals surface area contributed by atoms with Gasteiger partial charge in [-0.25, -0.2) is 19.4 Å². The van der Waals surface area contributed by atoms with Crippen LogP contribution in [0.25, 0.3) is 40.7 Å². The minimum Gasteiger partial charge on any atom is -0.493 e. The van der Waals surface area contributed by atoms with Gasteiger partial charge >= 0.3 is 5.76 Å². The summed E-state index contributed by atoms with van der Waals surface area (Å²) < 4.78 is 30.4. The van der Waals surface area contributed by atoms with E-state index in [1.165, 1.54) is 0 Å². The molecule has 0 aliphatic carbocycles. The van der Waals surface area contributed by atoms with Crippen molar-refractivity contribution in [3.05, 3.63) is 128 Å². The van der Waals surface area contributed by atoms with E-state index in [-0.39, 0.29) is 13.2 Å². The number of thiazole rings is 1. The third-order valence-electron chi connectivity index (χ3n) is 7.72. The molecule has 0 saturated heterocycles. The number of para-hydroxylation sites is 1. The Labute approximate surface area is 290 Å². The van der Waals surface area contributed by atoms with Gasteiger partial charge in [-0.1, -0.05) is 48.5 Å². The molecule has 12 nitrogen and oxygen atoms in total. The van der Waals surface area contributed by atoms with Gasteiger partial charge in [0.15, 0.2) is 17.3 Å². The van der Waals surface area contributed by atoms with Gasteiger partial charge in [0.25, 0.3) is 0 Å². The average molecular weight is 689 g/mol. The number of aromatic nitrogens is 6. The number of aryl methyl sites for hydroxylation is 2. The van der Waals surface area contributed by atoms with Gasteiger partial charge in [0, 0.05) is 22.7 Å². The summed E-state index contributed by atoms with van der Waals surface area (Å²) in [5.74, 6) is 2.31. The van der Waals surface area contributed by atoms with Crippen LogP contribution in [0.5, 0.6) is 17.4 Å². The van der Waals surface area contributed by atoms with Crippen LogP contribution < -0.4 is 20.0 Å². The van der Waals surface area contributed by atoms with E-state index in [0.29, 0.717) is 51.7 Å². The lowest BCUT2D eigenvalue weighted by Gasteiger charge is -2.12. The number of nitrogens with zero attached hydrogens (tertiary/aromatic N) is 5. The highest BCUT2D eigenvalue weighted by Crippen LogP contribution is 2.31. The second kappa shape index (κ2) is 14.5. The molecular formula is C37H32N6O6S. The number of rotatable bonds is 13. The van der Waals surface area contributed by atoms with Gasteiger partial charge in [-0.05, 0) is 67.5 Å². The van der Waals surface area contributed by atoms with E-state index in [9.17, 15) is 4.79 Å². The second-order valence-electron chi connectivity index (χ2n) is 11.1. The predicted molar refractivity (Wildman–Crippen MR) is 188 cm³/mol. The van der Waals surface area contributed by atoms with Gasteiger partial charge in [0.05, 0.1) is 29.1 Å². The Bertz CT molecular complexity index is 2320. The van der Waals surface area contributed by atoms with Crippen LogP contribution in [0.1, 0.15) is 40.2 Å². The molecule has 50 heavy (non-hydrogen) atoms. The minimum absolute atomic E-state index is 0.156. The van der Waals surface area contributed by atoms with Gasteiger partial charge in [-0.3, -0.25) is 9.51 Å². The average Bonchev–Trinajstić information content (AvgIpc) is 3.97. The molecule has 0 amide bonds. The molecule has 7 aromatic rings. The van der Waals surface area contributed by atoms with Gasteiger partial charge in [0.2, 0.25) is 11.8 Å². The number of methoxy groups -OCH3 is 1. The third kappa shape index (κ3) is 7.27. The lowest BCUT2D eigenvalue weighted by Crippen LogP contribution is -2.02. The maximum atomic E-state index is 11.4. The van der Waals surface area contributed by atoms with Crippen LogP contribution in [0, 0.1) is 6.92 Å². The molecule has 4 aromatic heterocycles. The van der Waals surface area contributed by atoms with Crippen molar-refractivity contribution in [1.82, 2.24) is 29.9 Å². The molecule has 13 heteroatoms. The SMILES string of the molecule is CCc1nc(C=Cc2cn(-c3ccccc3)nc2OCc2ccc(OCc3nc(-c4cccc(-c5noc(=O)[nH]5)c4)oc3C)c(OC)c2)cs1. The number of oxazole rings is 1. The normalized spacial score (nSPS) is 11.3. The molecular weight excluding hydrogens is 657 g/mol. The fourth-order valence-electron chi connectivity index (χ4n) is 5.11. The predicted octanol–water partition coefficient (Wildman–Crippen LogP) is 7.53. The van der Waals surface area contributed by atoms with Crippen molar-refractivity contribution >= 4 is 23.5 Å². The highest BCUT2D eigenvalue weighted by molar-refractivity contribution is 7.09. The maximum Gasteiger partial charge on any atom is 0.439 e. The van der Waals surface area contributed by atoms with E-state index in [4.69, 9.17) is 23.7 Å². The van der Waals surface area contributed by atoms with Crippen LogP contribution in [0.3, 0.4) is 0 Å². The number of nitrogens with one attached hydrogen (secondary N) is 1. The first kappa shape index (κ1) is 32.3. The fraction of sp³-hybridized carbons (Fsp3) is 0.162. The van der Waals surface area contributed by atoms with E-state index in [1.807, 2.05) is 97.4 Å². The number of hydrogen-bond donors (Lipinski definition) is 1. The molecule has 0 bridgehead atoms. The lowest BCUT2D eigenvalue weighted by atomic mass is 10.1. The summed E-state index contributed by atoms with van der Waals surface area (Å²) in [7, 11) is 1.59. The standard InChI is InChI=1S/C37H32N6O6S/c1-4-33-38-28(22-50-33)15-14-27-19-43(29-11-6-5-7-12-29)41-36(27)47-20-24-13-16-31(32(17-24)45-3)46-21-30-23(2)48-35(39-30)26-10-8-9-25(18-26)34-40-37(44)49-42-34/h5-19,22H,4,20-21H2,1-3H3,(H,40,42,44). The van der Waals surface area contributed by atoms with Crippen molar-refractivity contribution in [1.29, 1.82) is 0 Å². The van der Waals surface area contributed by atoms with Crippen LogP contribution in [-0.2, 0) is 19.6 Å². The van der Waals surface area contributed by atoms with Crippen molar-refractivity contribution in [2.75, 3.05) is 7.11 Å². The summed E-state index contributed by atoms with van der Waals surface area (Å²) in [6.45, 7) is 4.34. The quantitative estimate of drug-likeness (QED) is 0.129. The zero-order valence-corrected chi connectivity index (χ0v) is 28.3. The number of H-pyrrole nitrogens is 1. The Hall–Kier alpha value is -6.21. The number of aromatic amines is 1. The molecule has 252 valence electrons. The van der Waals surface area contributed by atoms with Gasteiger partial charge in [-0.15, -0.1) is 16.4 Å². The molecule has 4 heterocycles. The molecule has 7 rings (SSSR count). The summed E-state index contributed by atoms with van der Waals surface area (Å²) in [6.07, 6.45) is 6.79. The maximum absolute atomic E-state index is 11.4. The molecule has 0 atom stereocenters. The smallest absolute Gasteiger partial charge is 0.439 e. The molecule has 1 N–H and O–H groups in total. The Morgan fingerprint density at radius 1 is 0.940 bits per heavy atom. The van der Waals surface area contributed by atoms with Crippen LogP contribution >= 0.6 is 11.3 Å². The number of benzene rings is 3. The molecule has 0 radical (unpaired) electrons. The first-order valence-corrected chi connectivity index (χ1v) is 16.7. The van der Waals surface area contributed by atoms with Crippen molar-refractivity contribution in [3.8, 4) is 45.9 Å². The van der Waals surface area contributed by atoms with Crippen LogP contribution in [0.4, 0.5) is 0 Å². The van der Waals surface area contributed by atoms with Crippen LogP contribution in [0.2, 0.25) is 0 Å². The van der Waals surface area contributed by atoms with Crippen LogP contribution in [-0.4, -0.2) is 37.0 Å². The molecule has 0 unspecified atom stereocenters. The zero-order valence-electron chi connectivity index (χ0n) is 27.5. The molecule has 0 aliphatic rings. The molecule has 0 aliphatic heterocycles. The van der Waals surface area contributed by atoms with E-state index in [0.717, 1.165) is 33.9 Å². The third-order valence-corrected chi connectivity index (χ3v) is 8.73. The Balaban J connectivity index is 1.04. The topological polar surface area (TPSA) is 143 Å². The van der Waals surface area contributed by atoms with Crippen molar-refractivity contribution < 1.29 is 23.2 Å². The van der Waals surface area contributed by atoms with Gasteiger partial charge in [0.1, 0.15) is 24.7 Å². The van der Waals surface area contributed by atoms with Crippen LogP contribution in [0.15, 0.2) is 98.1 Å². The highest BCUT2D eigenvalue weighted by atomic mass is 32.1. The van der Waals surface area contributed by atoms with Crippen molar-refractivity contribution in [2.24, 2.45) is 0 Å². The Kier molecular flexibility index (Phi) is 9.38. The molecule has 0 saturated carbocycles. The number of hydrogen-bond acceptors (Lipinski definition) is 11. The summed E-state index contributed by atoms with van der Waals surface area (Å²) in [5, 5.41) is 11.6. The highest BCUT2D eigenvalue weighted by Gasteiger charge is 2.16. The zero-order chi connectivity index (χ0) is 34.5. The summed E-state index contributed by atoms with van der Waals surface area (Å²) >= 11 is 1.65.